The van der Waals surface area contributed by atoms with Gasteiger partial charge in [0.25, 0.3) is 5.91 Å². The van der Waals surface area contributed by atoms with Gasteiger partial charge in [-0.25, -0.2) is 4.79 Å². The number of anilines is 1. The summed E-state index contributed by atoms with van der Waals surface area (Å²) in [6.07, 6.45) is -4.60. The number of hydrogen-bond donors (Lipinski definition) is 1. The highest BCUT2D eigenvalue weighted by molar-refractivity contribution is 6.33. The molecule has 0 bridgehead atoms. The van der Waals surface area contributed by atoms with Crippen molar-refractivity contribution in [1.29, 1.82) is 0 Å². The molecule has 0 atom stereocenters. The number of alkyl halides is 3. The van der Waals surface area contributed by atoms with Crippen molar-refractivity contribution in [1.82, 2.24) is 0 Å². The second-order valence-electron chi connectivity index (χ2n) is 5.35. The minimum Gasteiger partial charge on any atom is -0.496 e. The van der Waals surface area contributed by atoms with Gasteiger partial charge in [-0.15, -0.1) is 0 Å². The fourth-order valence-corrected chi connectivity index (χ4v) is 2.40. The molecule has 150 valence electrons. The van der Waals surface area contributed by atoms with Crippen LogP contribution in [0.25, 0.3) is 0 Å². The normalized spacial score (nSPS) is 10.9. The molecule has 0 aliphatic heterocycles. The predicted molar refractivity (Wildman–Crippen MR) is 94.9 cm³/mol. The molecule has 1 amide bonds. The van der Waals surface area contributed by atoms with Crippen LogP contribution in [-0.4, -0.2) is 32.7 Å². The van der Waals surface area contributed by atoms with E-state index in [2.05, 4.69) is 5.32 Å². The van der Waals surface area contributed by atoms with Crippen molar-refractivity contribution in [2.45, 2.75) is 6.18 Å². The molecule has 2 aromatic carbocycles. The van der Waals surface area contributed by atoms with Gasteiger partial charge < -0.3 is 19.5 Å². The standard InChI is InChI=1S/C18H15ClF3NO5/c1-26-13-4-3-5-14(27-2)16(13)17(25)28-9-15(24)23-12-8-10(18(20,21)22)6-7-11(12)19/h3-8H,9H2,1-2H3,(H,23,24). The molecule has 1 N–H and O–H groups in total. The number of carbonyl (C=O) groups is 2. The van der Waals surface area contributed by atoms with Crippen LogP contribution in [0, 0.1) is 0 Å². The molecule has 0 fully saturated rings. The number of rotatable bonds is 6. The van der Waals surface area contributed by atoms with Gasteiger partial charge in [0.15, 0.2) is 6.61 Å². The predicted octanol–water partition coefficient (Wildman–Crippen LogP) is 4.17. The molecule has 10 heteroatoms. The SMILES string of the molecule is COc1cccc(OC)c1C(=O)OCC(=O)Nc1cc(C(F)(F)F)ccc1Cl. The summed E-state index contributed by atoms with van der Waals surface area (Å²) in [5, 5.41) is 2.08. The van der Waals surface area contributed by atoms with E-state index in [-0.39, 0.29) is 27.8 Å². The highest BCUT2D eigenvalue weighted by Gasteiger charge is 2.31. The first-order valence-electron chi connectivity index (χ1n) is 7.72. The lowest BCUT2D eigenvalue weighted by atomic mass is 10.2. The number of esters is 1. The summed E-state index contributed by atoms with van der Waals surface area (Å²) in [4.78, 5) is 24.3. The van der Waals surface area contributed by atoms with Crippen molar-refractivity contribution >= 4 is 29.2 Å². The molecule has 0 aliphatic carbocycles. The van der Waals surface area contributed by atoms with Crippen LogP contribution in [0.3, 0.4) is 0 Å². The molecular formula is C18H15ClF3NO5. The largest absolute Gasteiger partial charge is 0.496 e. The van der Waals surface area contributed by atoms with E-state index in [1.807, 2.05) is 0 Å². The summed E-state index contributed by atoms with van der Waals surface area (Å²) in [5.41, 5.74) is -1.27. The van der Waals surface area contributed by atoms with Gasteiger partial charge in [-0.3, -0.25) is 4.79 Å². The zero-order valence-electron chi connectivity index (χ0n) is 14.7. The molecule has 0 heterocycles. The van der Waals surface area contributed by atoms with E-state index in [0.29, 0.717) is 6.07 Å². The van der Waals surface area contributed by atoms with Crippen LogP contribution in [0.1, 0.15) is 15.9 Å². The van der Waals surface area contributed by atoms with Crippen molar-refractivity contribution in [3.05, 3.63) is 52.5 Å². The maximum atomic E-state index is 12.8. The van der Waals surface area contributed by atoms with Crippen LogP contribution in [0.5, 0.6) is 11.5 Å². The highest BCUT2D eigenvalue weighted by Crippen LogP contribution is 2.34. The maximum Gasteiger partial charge on any atom is 0.416 e. The lowest BCUT2D eigenvalue weighted by Crippen LogP contribution is -2.22. The number of carbonyl (C=O) groups excluding carboxylic acids is 2. The van der Waals surface area contributed by atoms with Gasteiger partial charge in [0.1, 0.15) is 17.1 Å². The number of amides is 1. The van der Waals surface area contributed by atoms with Crippen molar-refractivity contribution in [2.75, 3.05) is 26.1 Å². The number of ether oxygens (including phenoxy) is 3. The number of nitrogens with one attached hydrogen (secondary N) is 1. The third-order valence-corrected chi connectivity index (χ3v) is 3.86. The van der Waals surface area contributed by atoms with Gasteiger partial charge in [0.05, 0.1) is 30.5 Å². The van der Waals surface area contributed by atoms with Gasteiger partial charge >= 0.3 is 12.1 Å². The Bertz CT molecular complexity index is 864. The van der Waals surface area contributed by atoms with Crippen LogP contribution in [0.15, 0.2) is 36.4 Å². The molecule has 28 heavy (non-hydrogen) atoms. The van der Waals surface area contributed by atoms with Crippen LogP contribution in [0.2, 0.25) is 5.02 Å². The molecule has 0 spiro atoms. The van der Waals surface area contributed by atoms with Crippen molar-refractivity contribution in [2.24, 2.45) is 0 Å². The highest BCUT2D eigenvalue weighted by atomic mass is 35.5. The zero-order valence-corrected chi connectivity index (χ0v) is 15.5. The number of hydrogen-bond acceptors (Lipinski definition) is 5. The lowest BCUT2D eigenvalue weighted by molar-refractivity contribution is -0.137. The van der Waals surface area contributed by atoms with Gasteiger partial charge in [0, 0.05) is 0 Å². The topological polar surface area (TPSA) is 73.9 Å². The minimum atomic E-state index is -4.60. The van der Waals surface area contributed by atoms with Crippen molar-refractivity contribution in [3.8, 4) is 11.5 Å². The summed E-state index contributed by atoms with van der Waals surface area (Å²) < 4.78 is 53.4. The monoisotopic (exact) mass is 417 g/mol. The first-order valence-corrected chi connectivity index (χ1v) is 8.10. The third kappa shape index (κ3) is 5.07. The Balaban J connectivity index is 2.09. The molecular weight excluding hydrogens is 403 g/mol. The van der Waals surface area contributed by atoms with Crippen LogP contribution < -0.4 is 14.8 Å². The molecule has 0 aliphatic rings. The van der Waals surface area contributed by atoms with Crippen LogP contribution >= 0.6 is 11.6 Å². The smallest absolute Gasteiger partial charge is 0.416 e. The van der Waals surface area contributed by atoms with Gasteiger partial charge in [-0.1, -0.05) is 17.7 Å². The van der Waals surface area contributed by atoms with Gasteiger partial charge in [0.2, 0.25) is 0 Å². The Morgan fingerprint density at radius 1 is 1.07 bits per heavy atom. The van der Waals surface area contributed by atoms with E-state index in [1.54, 1.807) is 6.07 Å². The zero-order chi connectivity index (χ0) is 20.9. The Kier molecular flexibility index (Phi) is 6.74. The Morgan fingerprint density at radius 3 is 2.21 bits per heavy atom. The Labute approximate surface area is 163 Å². The Hall–Kier alpha value is -2.94. The summed E-state index contributed by atoms with van der Waals surface area (Å²) in [5.74, 6) is -1.43. The fourth-order valence-electron chi connectivity index (χ4n) is 2.24. The molecule has 2 aromatic rings. The first-order chi connectivity index (χ1) is 13.2. The van der Waals surface area contributed by atoms with E-state index in [4.69, 9.17) is 25.8 Å². The van der Waals surface area contributed by atoms with Crippen LogP contribution in [-0.2, 0) is 15.7 Å². The van der Waals surface area contributed by atoms with Gasteiger partial charge in [-0.05, 0) is 30.3 Å². The number of methoxy groups -OCH3 is 2. The minimum absolute atomic E-state index is 0.0302. The second-order valence-corrected chi connectivity index (χ2v) is 5.76. The van der Waals surface area contributed by atoms with E-state index >= 15 is 0 Å². The van der Waals surface area contributed by atoms with E-state index in [0.717, 1.165) is 12.1 Å². The Morgan fingerprint density at radius 2 is 1.68 bits per heavy atom. The maximum absolute atomic E-state index is 12.8. The second kappa shape index (κ2) is 8.83. The molecule has 0 aromatic heterocycles. The van der Waals surface area contributed by atoms with Gasteiger partial charge in [-0.2, -0.15) is 13.2 Å². The average Bonchev–Trinajstić information content (AvgIpc) is 2.66. The summed E-state index contributed by atoms with van der Waals surface area (Å²) in [6, 6.07) is 7.07. The van der Waals surface area contributed by atoms with E-state index < -0.39 is 30.2 Å². The quantitative estimate of drug-likeness (QED) is 0.714. The summed E-state index contributed by atoms with van der Waals surface area (Å²) in [6.45, 7) is -0.757. The molecule has 6 nitrogen and oxygen atoms in total. The summed E-state index contributed by atoms with van der Waals surface area (Å²) >= 11 is 5.81. The first kappa shape index (κ1) is 21.4. The third-order valence-electron chi connectivity index (χ3n) is 3.53. The number of benzene rings is 2. The molecule has 2 rings (SSSR count). The average molecular weight is 418 g/mol. The number of halogens is 4. The van der Waals surface area contributed by atoms with Crippen molar-refractivity contribution in [3.63, 3.8) is 0 Å². The lowest BCUT2D eigenvalue weighted by Gasteiger charge is -2.13. The fraction of sp³-hybridized carbons (Fsp3) is 0.222. The van der Waals surface area contributed by atoms with E-state index in [1.165, 1.54) is 26.4 Å². The summed E-state index contributed by atoms with van der Waals surface area (Å²) in [7, 11) is 2.68. The molecule has 0 radical (unpaired) electrons. The van der Waals surface area contributed by atoms with Crippen molar-refractivity contribution < 1.29 is 37.0 Å². The molecule has 0 saturated carbocycles. The molecule has 0 saturated heterocycles. The van der Waals surface area contributed by atoms with E-state index in [9.17, 15) is 22.8 Å². The molecule has 0 unspecified atom stereocenters. The van der Waals surface area contributed by atoms with Crippen LogP contribution in [0.4, 0.5) is 18.9 Å².